The highest BCUT2D eigenvalue weighted by Crippen LogP contribution is 2.23. The van der Waals surface area contributed by atoms with Gasteiger partial charge in [-0.05, 0) is 48.8 Å². The maximum atomic E-state index is 9.41. The monoisotopic (exact) mass is 291 g/mol. The van der Waals surface area contributed by atoms with Crippen LogP contribution in [0.3, 0.4) is 0 Å². The summed E-state index contributed by atoms with van der Waals surface area (Å²) in [5.41, 5.74) is 0. The Bertz CT molecular complexity index is 299. The second-order valence-corrected chi connectivity index (χ2v) is 6.63. The lowest BCUT2D eigenvalue weighted by atomic mass is 10.2. The summed E-state index contributed by atoms with van der Waals surface area (Å²) in [7, 11) is 0. The highest BCUT2D eigenvalue weighted by Gasteiger charge is 2.13. The molecule has 1 heterocycles. The first-order chi connectivity index (χ1) is 6.99. The van der Waals surface area contributed by atoms with Gasteiger partial charge in [0.1, 0.15) is 0 Å². The van der Waals surface area contributed by atoms with Crippen molar-refractivity contribution in [2.24, 2.45) is 0 Å². The number of rotatable bonds is 5. The summed E-state index contributed by atoms with van der Waals surface area (Å²) in [4.78, 5) is 3.61. The van der Waals surface area contributed by atoms with Crippen LogP contribution in [0.5, 0.6) is 0 Å². The molecule has 0 aromatic carbocycles. The van der Waals surface area contributed by atoms with E-state index < -0.39 is 0 Å². The molecule has 86 valence electrons. The minimum atomic E-state index is -0.268. The normalized spacial score (nSPS) is 13.8. The van der Waals surface area contributed by atoms with E-state index in [9.17, 15) is 5.11 Å². The van der Waals surface area contributed by atoms with E-state index in [0.29, 0.717) is 6.04 Å². The Hall–Kier alpha value is 0.1000. The largest absolute Gasteiger partial charge is 0.392 e. The summed E-state index contributed by atoms with van der Waals surface area (Å²) >= 11 is 5.21. The minimum absolute atomic E-state index is 0.268. The molecular weight excluding hydrogens is 274 g/mol. The molecule has 15 heavy (non-hydrogen) atoms. The van der Waals surface area contributed by atoms with E-state index in [1.54, 1.807) is 11.3 Å². The molecule has 0 aliphatic rings. The van der Waals surface area contributed by atoms with Crippen LogP contribution in [-0.4, -0.2) is 28.7 Å². The van der Waals surface area contributed by atoms with Crippen molar-refractivity contribution in [3.8, 4) is 0 Å². The average Bonchev–Trinajstić information content (AvgIpc) is 2.49. The molecule has 0 spiro atoms. The van der Waals surface area contributed by atoms with Crippen molar-refractivity contribution >= 4 is 27.3 Å². The fraction of sp³-hybridized carbons (Fsp3) is 0.636. The average molecular weight is 292 g/mol. The molecule has 1 N–H and O–H groups in total. The summed E-state index contributed by atoms with van der Waals surface area (Å²) in [5.74, 6) is 0. The van der Waals surface area contributed by atoms with E-state index in [0.717, 1.165) is 13.1 Å². The van der Waals surface area contributed by atoms with Crippen molar-refractivity contribution in [3.63, 3.8) is 0 Å². The van der Waals surface area contributed by atoms with Gasteiger partial charge in [-0.2, -0.15) is 0 Å². The molecule has 1 atom stereocenters. The number of aliphatic hydroxyl groups excluding tert-OH is 1. The highest BCUT2D eigenvalue weighted by molar-refractivity contribution is 9.11. The first-order valence-corrected chi connectivity index (χ1v) is 6.76. The van der Waals surface area contributed by atoms with E-state index in [2.05, 4.69) is 46.8 Å². The van der Waals surface area contributed by atoms with Gasteiger partial charge in [0.2, 0.25) is 0 Å². The SMILES string of the molecule is CC(O)CN(Cc1ccc(Br)s1)C(C)C. The minimum Gasteiger partial charge on any atom is -0.392 e. The maximum absolute atomic E-state index is 9.41. The standard InChI is InChI=1S/C11H18BrNOS/c1-8(2)13(6-9(3)14)7-10-4-5-11(12)15-10/h4-5,8-9,14H,6-7H2,1-3H3. The maximum Gasteiger partial charge on any atom is 0.0701 e. The molecule has 0 amide bonds. The number of nitrogens with zero attached hydrogens (tertiary/aromatic N) is 1. The Balaban J connectivity index is 2.58. The zero-order valence-corrected chi connectivity index (χ0v) is 11.8. The van der Waals surface area contributed by atoms with Crippen molar-refractivity contribution in [3.05, 3.63) is 20.8 Å². The Morgan fingerprint density at radius 1 is 1.40 bits per heavy atom. The molecule has 1 rings (SSSR count). The summed E-state index contributed by atoms with van der Waals surface area (Å²) in [5, 5.41) is 9.41. The Morgan fingerprint density at radius 3 is 2.47 bits per heavy atom. The number of thiophene rings is 1. The Labute approximate surface area is 104 Å². The Morgan fingerprint density at radius 2 is 2.07 bits per heavy atom. The fourth-order valence-electron chi connectivity index (χ4n) is 1.43. The van der Waals surface area contributed by atoms with Gasteiger partial charge in [0.25, 0.3) is 0 Å². The van der Waals surface area contributed by atoms with Gasteiger partial charge in [-0.15, -0.1) is 11.3 Å². The summed E-state index contributed by atoms with van der Waals surface area (Å²) < 4.78 is 1.17. The molecule has 2 nitrogen and oxygen atoms in total. The van der Waals surface area contributed by atoms with Crippen molar-refractivity contribution in [2.75, 3.05) is 6.54 Å². The van der Waals surface area contributed by atoms with Crippen LogP contribution in [0.15, 0.2) is 15.9 Å². The number of aliphatic hydroxyl groups is 1. The van der Waals surface area contributed by atoms with Gasteiger partial charge >= 0.3 is 0 Å². The molecule has 0 aliphatic heterocycles. The smallest absolute Gasteiger partial charge is 0.0701 e. The van der Waals surface area contributed by atoms with Crippen LogP contribution >= 0.6 is 27.3 Å². The van der Waals surface area contributed by atoms with Crippen LogP contribution in [0.1, 0.15) is 25.6 Å². The number of hydrogen-bond donors (Lipinski definition) is 1. The molecular formula is C11H18BrNOS. The van der Waals surface area contributed by atoms with E-state index in [1.165, 1.54) is 8.66 Å². The molecule has 0 saturated heterocycles. The molecule has 1 aromatic rings. The molecule has 0 aliphatic carbocycles. The first kappa shape index (κ1) is 13.2. The number of hydrogen-bond acceptors (Lipinski definition) is 3. The van der Waals surface area contributed by atoms with Gasteiger partial charge in [-0.25, -0.2) is 0 Å². The van der Waals surface area contributed by atoms with Crippen molar-refractivity contribution in [1.29, 1.82) is 0 Å². The highest BCUT2D eigenvalue weighted by atomic mass is 79.9. The third-order valence-corrected chi connectivity index (χ3v) is 3.83. The summed E-state index contributed by atoms with van der Waals surface area (Å²) in [6.07, 6.45) is -0.268. The van der Waals surface area contributed by atoms with E-state index >= 15 is 0 Å². The molecule has 0 saturated carbocycles. The van der Waals surface area contributed by atoms with E-state index in [1.807, 2.05) is 6.92 Å². The second kappa shape index (κ2) is 5.99. The third kappa shape index (κ3) is 4.64. The van der Waals surface area contributed by atoms with Crippen LogP contribution in [0.25, 0.3) is 0 Å². The summed E-state index contributed by atoms with van der Waals surface area (Å²) in [6.45, 7) is 7.79. The first-order valence-electron chi connectivity index (χ1n) is 5.15. The molecule has 1 unspecified atom stereocenters. The number of halogens is 1. The topological polar surface area (TPSA) is 23.5 Å². The van der Waals surface area contributed by atoms with Crippen LogP contribution in [0.2, 0.25) is 0 Å². The lowest BCUT2D eigenvalue weighted by Gasteiger charge is -2.27. The molecule has 0 radical (unpaired) electrons. The lowest BCUT2D eigenvalue weighted by Crippen LogP contribution is -2.35. The zero-order chi connectivity index (χ0) is 11.4. The third-order valence-electron chi connectivity index (χ3n) is 2.22. The van der Waals surface area contributed by atoms with Gasteiger partial charge < -0.3 is 5.11 Å². The van der Waals surface area contributed by atoms with Crippen LogP contribution in [0, 0.1) is 0 Å². The lowest BCUT2D eigenvalue weighted by molar-refractivity contribution is 0.103. The van der Waals surface area contributed by atoms with Gasteiger partial charge in [0.05, 0.1) is 9.89 Å². The van der Waals surface area contributed by atoms with Crippen molar-refractivity contribution in [2.45, 2.75) is 39.5 Å². The van der Waals surface area contributed by atoms with Crippen LogP contribution in [-0.2, 0) is 6.54 Å². The molecule has 0 fully saturated rings. The zero-order valence-electron chi connectivity index (χ0n) is 9.40. The predicted molar refractivity (Wildman–Crippen MR) is 69.2 cm³/mol. The van der Waals surface area contributed by atoms with Crippen LogP contribution in [0.4, 0.5) is 0 Å². The van der Waals surface area contributed by atoms with Gasteiger partial charge in [0.15, 0.2) is 0 Å². The Kier molecular flexibility index (Phi) is 5.26. The van der Waals surface area contributed by atoms with E-state index in [-0.39, 0.29) is 6.10 Å². The molecule has 1 aromatic heterocycles. The van der Waals surface area contributed by atoms with Gasteiger partial charge in [-0.1, -0.05) is 0 Å². The summed E-state index contributed by atoms with van der Waals surface area (Å²) in [6, 6.07) is 4.66. The quantitative estimate of drug-likeness (QED) is 0.901. The molecule has 0 bridgehead atoms. The fourth-order valence-corrected chi connectivity index (χ4v) is 2.94. The van der Waals surface area contributed by atoms with Gasteiger partial charge in [0, 0.05) is 24.0 Å². The molecule has 4 heteroatoms. The van der Waals surface area contributed by atoms with Gasteiger partial charge in [-0.3, -0.25) is 4.90 Å². The van der Waals surface area contributed by atoms with E-state index in [4.69, 9.17) is 0 Å². The predicted octanol–water partition coefficient (Wildman–Crippen LogP) is 3.10. The van der Waals surface area contributed by atoms with Crippen molar-refractivity contribution in [1.82, 2.24) is 4.90 Å². The van der Waals surface area contributed by atoms with Crippen molar-refractivity contribution < 1.29 is 5.11 Å². The van der Waals surface area contributed by atoms with Crippen LogP contribution < -0.4 is 0 Å². The second-order valence-electron chi connectivity index (χ2n) is 4.08.